The second-order valence-electron chi connectivity index (χ2n) is 5.76. The lowest BCUT2D eigenvalue weighted by Crippen LogP contribution is -2.30. The number of amides is 1. The van der Waals surface area contributed by atoms with Gasteiger partial charge in [-0.15, -0.1) is 0 Å². The quantitative estimate of drug-likeness (QED) is 0.661. The van der Waals surface area contributed by atoms with Gasteiger partial charge in [0.25, 0.3) is 5.91 Å². The average Bonchev–Trinajstić information content (AvgIpc) is 2.70. The fourth-order valence-electron chi connectivity index (χ4n) is 2.44. The van der Waals surface area contributed by atoms with Crippen LogP contribution < -0.4 is 19.5 Å². The molecule has 0 aliphatic rings. The molecule has 2 aromatic carbocycles. The van der Waals surface area contributed by atoms with Crippen LogP contribution in [0, 0.1) is 0 Å². The van der Waals surface area contributed by atoms with Crippen LogP contribution in [0.3, 0.4) is 0 Å². The second kappa shape index (κ2) is 10.2. The fourth-order valence-corrected chi connectivity index (χ4v) is 2.44. The highest BCUT2D eigenvalue weighted by Crippen LogP contribution is 2.28. The summed E-state index contributed by atoms with van der Waals surface area (Å²) in [6.45, 7) is 6.15. The Bertz CT molecular complexity index is 820. The van der Waals surface area contributed by atoms with Crippen molar-refractivity contribution in [1.82, 2.24) is 0 Å². The van der Waals surface area contributed by atoms with Crippen molar-refractivity contribution < 1.29 is 28.5 Å². The van der Waals surface area contributed by atoms with Gasteiger partial charge in [-0.25, -0.2) is 4.79 Å². The third kappa shape index (κ3) is 5.39. The smallest absolute Gasteiger partial charge is 0.339 e. The standard InChI is InChI=1S/C21H25NO6/c1-5-26-17-10-8-7-9-16(17)22-20(23)14(3)28-21(24)15-11-12-18(27-6-2)19(13-15)25-4/h7-14H,5-6H2,1-4H3,(H,22,23). The number of esters is 1. The van der Waals surface area contributed by atoms with E-state index in [1.807, 2.05) is 19.9 Å². The molecule has 0 bridgehead atoms. The van der Waals surface area contributed by atoms with Gasteiger partial charge < -0.3 is 24.3 Å². The van der Waals surface area contributed by atoms with Crippen LogP contribution in [0.1, 0.15) is 31.1 Å². The molecule has 0 aliphatic carbocycles. The zero-order valence-electron chi connectivity index (χ0n) is 16.5. The lowest BCUT2D eigenvalue weighted by molar-refractivity contribution is -0.123. The molecular formula is C21H25NO6. The Balaban J connectivity index is 2.05. The van der Waals surface area contributed by atoms with E-state index >= 15 is 0 Å². The Morgan fingerprint density at radius 3 is 2.32 bits per heavy atom. The van der Waals surface area contributed by atoms with Crippen LogP contribution in [0.4, 0.5) is 5.69 Å². The fraction of sp³-hybridized carbons (Fsp3) is 0.333. The molecule has 7 nitrogen and oxygen atoms in total. The van der Waals surface area contributed by atoms with E-state index in [1.165, 1.54) is 20.1 Å². The summed E-state index contributed by atoms with van der Waals surface area (Å²) in [5, 5.41) is 2.71. The largest absolute Gasteiger partial charge is 0.493 e. The summed E-state index contributed by atoms with van der Waals surface area (Å²) in [6.07, 6.45) is -1.00. The van der Waals surface area contributed by atoms with Crippen LogP contribution in [0.5, 0.6) is 17.2 Å². The van der Waals surface area contributed by atoms with Crippen molar-refractivity contribution in [1.29, 1.82) is 0 Å². The average molecular weight is 387 g/mol. The maximum absolute atomic E-state index is 12.4. The molecule has 0 heterocycles. The van der Waals surface area contributed by atoms with Crippen molar-refractivity contribution in [2.24, 2.45) is 0 Å². The van der Waals surface area contributed by atoms with Crippen LogP contribution in [-0.2, 0) is 9.53 Å². The number of nitrogens with one attached hydrogen (secondary N) is 1. The molecule has 2 aromatic rings. The van der Waals surface area contributed by atoms with E-state index in [1.54, 1.807) is 30.3 Å². The first-order valence-electron chi connectivity index (χ1n) is 9.04. The van der Waals surface area contributed by atoms with Gasteiger partial charge in [-0.1, -0.05) is 12.1 Å². The van der Waals surface area contributed by atoms with Crippen molar-refractivity contribution in [3.8, 4) is 17.2 Å². The summed E-state index contributed by atoms with van der Waals surface area (Å²) in [6, 6.07) is 11.8. The first-order chi connectivity index (χ1) is 13.5. The highest BCUT2D eigenvalue weighted by atomic mass is 16.5. The molecule has 2 rings (SSSR count). The van der Waals surface area contributed by atoms with Crippen molar-refractivity contribution in [2.45, 2.75) is 26.9 Å². The number of methoxy groups -OCH3 is 1. The highest BCUT2D eigenvalue weighted by Gasteiger charge is 2.21. The minimum absolute atomic E-state index is 0.259. The number of rotatable bonds is 9. The number of benzene rings is 2. The van der Waals surface area contributed by atoms with Gasteiger partial charge >= 0.3 is 5.97 Å². The topological polar surface area (TPSA) is 83.1 Å². The molecule has 1 atom stereocenters. The molecule has 0 aromatic heterocycles. The van der Waals surface area contributed by atoms with Crippen molar-refractivity contribution in [3.05, 3.63) is 48.0 Å². The van der Waals surface area contributed by atoms with E-state index in [-0.39, 0.29) is 5.56 Å². The zero-order valence-corrected chi connectivity index (χ0v) is 16.5. The number of hydrogen-bond donors (Lipinski definition) is 1. The normalized spacial score (nSPS) is 11.3. The van der Waals surface area contributed by atoms with E-state index in [2.05, 4.69) is 5.32 Å². The summed E-state index contributed by atoms with van der Waals surface area (Å²) >= 11 is 0. The molecule has 7 heteroatoms. The Labute approximate surface area is 164 Å². The summed E-state index contributed by atoms with van der Waals surface area (Å²) in [4.78, 5) is 24.8. The molecule has 1 N–H and O–H groups in total. The minimum Gasteiger partial charge on any atom is -0.493 e. The van der Waals surface area contributed by atoms with Crippen LogP contribution >= 0.6 is 0 Å². The van der Waals surface area contributed by atoms with E-state index < -0.39 is 18.0 Å². The summed E-state index contributed by atoms with van der Waals surface area (Å²) in [5.74, 6) is 0.396. The SMILES string of the molecule is CCOc1ccccc1NC(=O)C(C)OC(=O)c1ccc(OCC)c(OC)c1. The predicted octanol–water partition coefficient (Wildman–Crippen LogP) is 3.68. The zero-order chi connectivity index (χ0) is 20.5. The lowest BCUT2D eigenvalue weighted by atomic mass is 10.2. The maximum atomic E-state index is 12.4. The summed E-state index contributed by atoms with van der Waals surface area (Å²) in [5.41, 5.74) is 0.773. The maximum Gasteiger partial charge on any atom is 0.339 e. The molecule has 0 aliphatic heterocycles. The van der Waals surface area contributed by atoms with Crippen LogP contribution in [0.15, 0.2) is 42.5 Å². The highest BCUT2D eigenvalue weighted by molar-refractivity contribution is 5.98. The van der Waals surface area contributed by atoms with Gasteiger partial charge in [0, 0.05) is 0 Å². The monoisotopic (exact) mass is 387 g/mol. The second-order valence-corrected chi connectivity index (χ2v) is 5.76. The summed E-state index contributed by atoms with van der Waals surface area (Å²) in [7, 11) is 1.48. The van der Waals surface area contributed by atoms with E-state index in [4.69, 9.17) is 18.9 Å². The Morgan fingerprint density at radius 1 is 0.964 bits per heavy atom. The molecule has 0 saturated heterocycles. The minimum atomic E-state index is -1.00. The first-order valence-corrected chi connectivity index (χ1v) is 9.04. The Kier molecular flexibility index (Phi) is 7.68. The van der Waals surface area contributed by atoms with Crippen molar-refractivity contribution in [3.63, 3.8) is 0 Å². The number of anilines is 1. The Hall–Kier alpha value is -3.22. The third-order valence-corrected chi connectivity index (χ3v) is 3.80. The molecule has 150 valence electrons. The first kappa shape index (κ1) is 21.1. The van der Waals surface area contributed by atoms with Gasteiger partial charge in [0.1, 0.15) is 5.75 Å². The molecule has 0 radical (unpaired) electrons. The van der Waals surface area contributed by atoms with Gasteiger partial charge in [0.05, 0.1) is 31.6 Å². The summed E-state index contributed by atoms with van der Waals surface area (Å²) < 4.78 is 21.4. The van der Waals surface area contributed by atoms with E-state index in [9.17, 15) is 9.59 Å². The molecule has 28 heavy (non-hydrogen) atoms. The molecule has 0 saturated carbocycles. The van der Waals surface area contributed by atoms with Crippen molar-refractivity contribution in [2.75, 3.05) is 25.6 Å². The number of ether oxygens (including phenoxy) is 4. The molecule has 0 fully saturated rings. The number of carbonyl (C=O) groups excluding carboxylic acids is 2. The number of carbonyl (C=O) groups is 2. The third-order valence-electron chi connectivity index (χ3n) is 3.80. The van der Waals surface area contributed by atoms with Gasteiger partial charge in [-0.2, -0.15) is 0 Å². The Morgan fingerprint density at radius 2 is 1.64 bits per heavy atom. The van der Waals surface area contributed by atoms with Gasteiger partial charge in [-0.3, -0.25) is 4.79 Å². The molecule has 1 amide bonds. The van der Waals surface area contributed by atoms with Crippen LogP contribution in [-0.4, -0.2) is 38.3 Å². The van der Waals surface area contributed by atoms with Gasteiger partial charge in [0.15, 0.2) is 17.6 Å². The van der Waals surface area contributed by atoms with Gasteiger partial charge in [-0.05, 0) is 51.1 Å². The molecule has 1 unspecified atom stereocenters. The number of hydrogen-bond acceptors (Lipinski definition) is 6. The van der Waals surface area contributed by atoms with E-state index in [0.29, 0.717) is 36.1 Å². The van der Waals surface area contributed by atoms with Crippen molar-refractivity contribution >= 4 is 17.6 Å². The molecule has 0 spiro atoms. The van der Waals surface area contributed by atoms with Crippen LogP contribution in [0.25, 0.3) is 0 Å². The van der Waals surface area contributed by atoms with E-state index in [0.717, 1.165) is 0 Å². The number of para-hydroxylation sites is 2. The van der Waals surface area contributed by atoms with Crippen LogP contribution in [0.2, 0.25) is 0 Å². The van der Waals surface area contributed by atoms with Gasteiger partial charge in [0.2, 0.25) is 0 Å². The predicted molar refractivity (Wildman–Crippen MR) is 105 cm³/mol. The molecular weight excluding hydrogens is 362 g/mol. The lowest BCUT2D eigenvalue weighted by Gasteiger charge is -2.16.